The fourth-order valence-corrected chi connectivity index (χ4v) is 8.85. The lowest BCUT2D eigenvalue weighted by Crippen LogP contribution is -2.20. The van der Waals surface area contributed by atoms with Crippen LogP contribution >= 0.6 is 31.9 Å². The summed E-state index contributed by atoms with van der Waals surface area (Å²) < 4.78 is 0.391. The van der Waals surface area contributed by atoms with Crippen LogP contribution in [0.15, 0.2) is 0 Å². The van der Waals surface area contributed by atoms with Crippen LogP contribution in [0.5, 0.6) is 0 Å². The van der Waals surface area contributed by atoms with Gasteiger partial charge in [0.15, 0.2) is 0 Å². The Morgan fingerprint density at radius 1 is 0.769 bits per heavy atom. The van der Waals surface area contributed by atoms with Crippen LogP contribution in [0.1, 0.15) is 6.42 Å². The van der Waals surface area contributed by atoms with E-state index in [-0.39, 0.29) is 0 Å². The SMILES string of the molecule is BrC1(Br)CC12C1[C@H]3C4C5[C@H]1[C@@H]5C2[C@@H]43. The molecular formula is C11H10Br2. The maximum Gasteiger partial charge on any atom is 0.0874 e. The van der Waals surface area contributed by atoms with E-state index in [1.54, 1.807) is 0 Å². The normalized spacial score (nSPS) is 90.9. The molecule has 2 heteroatoms. The number of rotatable bonds is 0. The third kappa shape index (κ3) is 0.358. The molecule has 0 aliphatic heterocycles. The first-order chi connectivity index (χ1) is 6.20. The average Bonchev–Trinajstić information content (AvgIpc) is 2.94. The van der Waals surface area contributed by atoms with E-state index in [1.807, 2.05) is 0 Å². The predicted molar refractivity (Wildman–Crippen MR) is 55.6 cm³/mol. The van der Waals surface area contributed by atoms with Gasteiger partial charge in [-0.2, -0.15) is 0 Å². The van der Waals surface area contributed by atoms with Gasteiger partial charge in [-0.05, 0) is 53.8 Å². The minimum Gasteiger partial charge on any atom is -0.0721 e. The van der Waals surface area contributed by atoms with E-state index in [0.29, 0.717) is 3.23 Å². The van der Waals surface area contributed by atoms with Crippen molar-refractivity contribution in [2.45, 2.75) is 9.65 Å². The van der Waals surface area contributed by atoms with Crippen molar-refractivity contribution >= 4 is 31.9 Å². The molecule has 13 heavy (non-hydrogen) atoms. The van der Waals surface area contributed by atoms with Gasteiger partial charge >= 0.3 is 0 Å². The van der Waals surface area contributed by atoms with Crippen molar-refractivity contribution in [2.24, 2.45) is 52.8 Å². The van der Waals surface area contributed by atoms with Crippen LogP contribution in [0.3, 0.4) is 0 Å². The van der Waals surface area contributed by atoms with Gasteiger partial charge in [-0.25, -0.2) is 0 Å². The van der Waals surface area contributed by atoms with E-state index >= 15 is 0 Å². The van der Waals surface area contributed by atoms with Gasteiger partial charge in [0, 0.05) is 5.41 Å². The summed E-state index contributed by atoms with van der Waals surface area (Å²) in [6, 6.07) is 0. The highest BCUT2D eigenvalue weighted by Crippen LogP contribution is 3.04. The average molecular weight is 302 g/mol. The van der Waals surface area contributed by atoms with E-state index in [1.165, 1.54) is 53.8 Å². The van der Waals surface area contributed by atoms with Crippen LogP contribution in [-0.2, 0) is 0 Å². The van der Waals surface area contributed by atoms with E-state index < -0.39 is 0 Å². The molecule has 7 aliphatic carbocycles. The second-order valence-electron chi connectivity index (χ2n) is 6.44. The van der Waals surface area contributed by atoms with E-state index in [9.17, 15) is 0 Å². The lowest BCUT2D eigenvalue weighted by molar-refractivity contribution is 0.303. The molecule has 7 aliphatic rings. The second-order valence-corrected chi connectivity index (χ2v) is 10.2. The van der Waals surface area contributed by atoms with Gasteiger partial charge in [0.05, 0.1) is 3.23 Å². The molecule has 0 aromatic heterocycles. The van der Waals surface area contributed by atoms with E-state index in [0.717, 1.165) is 5.41 Å². The number of hydrogen-bond acceptors (Lipinski definition) is 0. The summed E-state index contributed by atoms with van der Waals surface area (Å²) in [5.41, 5.74) is 0.765. The predicted octanol–water partition coefficient (Wildman–Crippen LogP) is 2.86. The molecule has 5 unspecified atom stereocenters. The highest BCUT2D eigenvalue weighted by Gasteiger charge is 3.01. The highest BCUT2D eigenvalue weighted by molar-refractivity contribution is 9.25. The van der Waals surface area contributed by atoms with Crippen molar-refractivity contribution in [2.75, 3.05) is 0 Å². The lowest BCUT2D eigenvalue weighted by Gasteiger charge is -2.21. The zero-order valence-electron chi connectivity index (χ0n) is 7.08. The third-order valence-electron chi connectivity index (χ3n) is 6.75. The molecule has 7 saturated carbocycles. The number of alkyl halides is 2. The molecule has 0 amide bonds. The molecule has 68 valence electrons. The molecule has 7 fully saturated rings. The third-order valence-corrected chi connectivity index (χ3v) is 8.79. The summed E-state index contributed by atoms with van der Waals surface area (Å²) in [6.07, 6.45) is 1.44. The molecule has 0 nitrogen and oxygen atoms in total. The topological polar surface area (TPSA) is 0 Å². The van der Waals surface area contributed by atoms with E-state index in [4.69, 9.17) is 0 Å². The molecule has 0 saturated heterocycles. The van der Waals surface area contributed by atoms with Crippen LogP contribution in [0.25, 0.3) is 0 Å². The lowest BCUT2D eigenvalue weighted by atomic mass is 9.88. The Morgan fingerprint density at radius 2 is 1.15 bits per heavy atom. The Balaban J connectivity index is 1.69. The van der Waals surface area contributed by atoms with Gasteiger partial charge in [-0.3, -0.25) is 0 Å². The minimum absolute atomic E-state index is 0.391. The van der Waals surface area contributed by atoms with Crippen molar-refractivity contribution in [3.63, 3.8) is 0 Å². The summed E-state index contributed by atoms with van der Waals surface area (Å²) >= 11 is 7.83. The van der Waals surface area contributed by atoms with Crippen molar-refractivity contribution in [3.8, 4) is 0 Å². The molecule has 1 spiro atoms. The molecule has 0 aromatic rings. The maximum atomic E-state index is 3.91. The van der Waals surface area contributed by atoms with E-state index in [2.05, 4.69) is 31.9 Å². The first-order valence-electron chi connectivity index (χ1n) is 5.58. The standard InChI is InChI=1S/C11H10Br2/c12-11(13)1-10(11)8-4-2-3-6(8)7(3)9(10)5(2)4/h2-9H,1H2/t2?,3?,4-,5-,6-,7+,8?,9?,10?/m0/s1. The fraction of sp³-hybridized carbons (Fsp3) is 1.00. The second kappa shape index (κ2) is 1.29. The van der Waals surface area contributed by atoms with Gasteiger partial charge in [-0.15, -0.1) is 0 Å². The summed E-state index contributed by atoms with van der Waals surface area (Å²) in [5.74, 6) is 9.74. The van der Waals surface area contributed by atoms with Crippen LogP contribution in [-0.4, -0.2) is 3.23 Å². The Bertz CT molecular complexity index is 342. The van der Waals surface area contributed by atoms with Gasteiger partial charge in [0.1, 0.15) is 0 Å². The van der Waals surface area contributed by atoms with Gasteiger partial charge < -0.3 is 0 Å². The summed E-state index contributed by atoms with van der Waals surface area (Å²) in [5, 5.41) is 0. The number of halogens is 2. The minimum atomic E-state index is 0.391. The van der Waals surface area contributed by atoms with Gasteiger partial charge in [0.25, 0.3) is 0 Å². The van der Waals surface area contributed by atoms with Crippen LogP contribution in [0, 0.1) is 52.8 Å². The Morgan fingerprint density at radius 3 is 1.46 bits per heavy atom. The van der Waals surface area contributed by atoms with Crippen molar-refractivity contribution in [3.05, 3.63) is 0 Å². The van der Waals surface area contributed by atoms with Crippen molar-refractivity contribution in [1.82, 2.24) is 0 Å². The Hall–Kier alpha value is 0.960. The molecule has 2 bridgehead atoms. The van der Waals surface area contributed by atoms with Crippen LogP contribution in [0.2, 0.25) is 0 Å². The molecule has 0 N–H and O–H groups in total. The van der Waals surface area contributed by atoms with Crippen molar-refractivity contribution < 1.29 is 0 Å². The summed E-state index contributed by atoms with van der Waals surface area (Å²) in [6.45, 7) is 0. The van der Waals surface area contributed by atoms with Gasteiger partial charge in [-0.1, -0.05) is 31.9 Å². The fourth-order valence-electron chi connectivity index (χ4n) is 6.87. The first kappa shape index (κ1) is 6.52. The van der Waals surface area contributed by atoms with Crippen LogP contribution < -0.4 is 0 Å². The monoisotopic (exact) mass is 300 g/mol. The van der Waals surface area contributed by atoms with Crippen molar-refractivity contribution in [1.29, 1.82) is 0 Å². The molecule has 9 atom stereocenters. The zero-order valence-corrected chi connectivity index (χ0v) is 10.3. The van der Waals surface area contributed by atoms with Gasteiger partial charge in [0.2, 0.25) is 0 Å². The Labute approximate surface area is 94.1 Å². The number of hydrogen-bond donors (Lipinski definition) is 0. The summed E-state index contributed by atoms with van der Waals surface area (Å²) in [7, 11) is 0. The van der Waals surface area contributed by atoms with Crippen LogP contribution in [0.4, 0.5) is 0 Å². The maximum absolute atomic E-state index is 3.91. The highest BCUT2D eigenvalue weighted by atomic mass is 79.9. The molecule has 0 heterocycles. The Kier molecular flexibility index (Phi) is 0.645. The quantitative estimate of drug-likeness (QED) is 0.604. The first-order valence-corrected chi connectivity index (χ1v) is 7.17. The molecule has 0 radical (unpaired) electrons. The zero-order chi connectivity index (χ0) is 8.33. The molecule has 0 aromatic carbocycles. The summed E-state index contributed by atoms with van der Waals surface area (Å²) in [4.78, 5) is 0. The largest absolute Gasteiger partial charge is 0.0874 e. The molecule has 7 rings (SSSR count). The smallest absolute Gasteiger partial charge is 0.0721 e. The molecular weight excluding hydrogens is 292 g/mol.